The van der Waals surface area contributed by atoms with Gasteiger partial charge in [0.05, 0.1) is 43.2 Å². The molecule has 0 saturated carbocycles. The summed E-state index contributed by atoms with van der Waals surface area (Å²) in [6.07, 6.45) is -4.78. The lowest BCUT2D eigenvalue weighted by Gasteiger charge is -2.25. The van der Waals surface area contributed by atoms with Gasteiger partial charge in [-0.2, -0.15) is 13.2 Å². The fourth-order valence-electron chi connectivity index (χ4n) is 4.09. The minimum absolute atomic E-state index is 0.0547. The zero-order valence-electron chi connectivity index (χ0n) is 23.5. The molecule has 232 valence electrons. The van der Waals surface area contributed by atoms with Gasteiger partial charge in [0.15, 0.2) is 28.7 Å². The number of amides is 1. The van der Waals surface area contributed by atoms with Crippen LogP contribution in [0.15, 0.2) is 89.8 Å². The molecule has 0 aliphatic heterocycles. The summed E-state index contributed by atoms with van der Waals surface area (Å²) in [6, 6.07) is 18.4. The molecular weight excluding hydrogens is 625 g/mol. The molecule has 0 unspecified atom stereocenters. The van der Waals surface area contributed by atoms with Crippen LogP contribution in [-0.4, -0.2) is 42.2 Å². The number of alkyl halides is 3. The van der Waals surface area contributed by atoms with Crippen molar-refractivity contribution in [3.8, 4) is 28.7 Å². The predicted molar refractivity (Wildman–Crippen MR) is 159 cm³/mol. The Hall–Kier alpha value is -4.62. The van der Waals surface area contributed by atoms with Crippen LogP contribution >= 0.6 is 11.6 Å². The van der Waals surface area contributed by atoms with Crippen LogP contribution in [-0.2, 0) is 21.0 Å². The van der Waals surface area contributed by atoms with Crippen LogP contribution in [0.25, 0.3) is 0 Å². The Labute approximate surface area is 256 Å². The molecule has 1 N–H and O–H groups in total. The molecule has 4 aromatic rings. The van der Waals surface area contributed by atoms with E-state index in [1.54, 1.807) is 24.3 Å². The number of carbonyl (C=O) groups is 1. The maximum absolute atomic E-state index is 13.9. The molecule has 14 heteroatoms. The quantitative estimate of drug-likeness (QED) is 0.186. The topological polar surface area (TPSA) is 103 Å². The molecule has 0 heterocycles. The summed E-state index contributed by atoms with van der Waals surface area (Å²) in [5, 5.41) is 2.78. The number of rotatable bonds is 11. The van der Waals surface area contributed by atoms with Crippen molar-refractivity contribution < 1.29 is 45.3 Å². The smallest absolute Gasteiger partial charge is 0.416 e. The number of benzene rings is 4. The number of nitrogens with zero attached hydrogens (tertiary/aromatic N) is 1. The Kier molecular flexibility index (Phi) is 9.80. The van der Waals surface area contributed by atoms with Gasteiger partial charge in [-0.3, -0.25) is 9.10 Å². The number of para-hydroxylation sites is 2. The maximum atomic E-state index is 13.9. The minimum atomic E-state index is -4.78. The van der Waals surface area contributed by atoms with Gasteiger partial charge < -0.3 is 24.3 Å². The van der Waals surface area contributed by atoms with Gasteiger partial charge in [0.25, 0.3) is 10.0 Å². The van der Waals surface area contributed by atoms with E-state index >= 15 is 0 Å². The van der Waals surface area contributed by atoms with E-state index in [4.69, 9.17) is 30.5 Å². The second-order valence-corrected chi connectivity index (χ2v) is 11.3. The van der Waals surface area contributed by atoms with Crippen LogP contribution in [0.5, 0.6) is 28.7 Å². The van der Waals surface area contributed by atoms with E-state index in [9.17, 15) is 26.4 Å². The number of hydrogen-bond acceptors (Lipinski definition) is 7. The first-order valence-corrected chi connectivity index (χ1v) is 14.5. The fourth-order valence-corrected chi connectivity index (χ4v) is 5.69. The Morgan fingerprint density at radius 3 is 2.09 bits per heavy atom. The normalized spacial score (nSPS) is 11.4. The zero-order chi connectivity index (χ0) is 32.1. The third-order valence-corrected chi connectivity index (χ3v) is 8.20. The van der Waals surface area contributed by atoms with Gasteiger partial charge in [0.1, 0.15) is 6.54 Å². The molecule has 0 bridgehead atoms. The van der Waals surface area contributed by atoms with Crippen LogP contribution in [0.3, 0.4) is 0 Å². The lowest BCUT2D eigenvalue weighted by molar-refractivity contribution is -0.137. The first-order valence-electron chi connectivity index (χ1n) is 12.7. The Bertz CT molecular complexity index is 1770. The van der Waals surface area contributed by atoms with Crippen LogP contribution < -0.4 is 28.6 Å². The molecule has 1 amide bonds. The fraction of sp³-hybridized carbons (Fsp3) is 0.167. The van der Waals surface area contributed by atoms with Gasteiger partial charge >= 0.3 is 6.18 Å². The first-order chi connectivity index (χ1) is 20.9. The highest BCUT2D eigenvalue weighted by Gasteiger charge is 2.34. The largest absolute Gasteiger partial charge is 0.493 e. The van der Waals surface area contributed by atoms with E-state index in [2.05, 4.69) is 5.32 Å². The van der Waals surface area contributed by atoms with Crippen LogP contribution in [0.4, 0.5) is 24.5 Å². The van der Waals surface area contributed by atoms with Gasteiger partial charge in [0.2, 0.25) is 5.91 Å². The van der Waals surface area contributed by atoms with E-state index in [-0.39, 0.29) is 32.9 Å². The predicted octanol–water partition coefficient (Wildman–Crippen LogP) is 7.01. The molecular formula is C30H26ClF3N2O7S. The summed E-state index contributed by atoms with van der Waals surface area (Å²) in [5.74, 6) is 0.225. The van der Waals surface area contributed by atoms with Crippen molar-refractivity contribution in [1.29, 1.82) is 0 Å². The number of ether oxygens (including phenoxy) is 4. The molecule has 0 radical (unpaired) electrons. The van der Waals surface area contributed by atoms with E-state index in [1.807, 2.05) is 0 Å². The number of methoxy groups -OCH3 is 3. The molecule has 44 heavy (non-hydrogen) atoms. The highest BCUT2D eigenvalue weighted by molar-refractivity contribution is 7.92. The van der Waals surface area contributed by atoms with Crippen molar-refractivity contribution in [2.75, 3.05) is 37.5 Å². The lowest BCUT2D eigenvalue weighted by Crippen LogP contribution is -2.38. The van der Waals surface area contributed by atoms with Gasteiger partial charge in [-0.25, -0.2) is 8.42 Å². The van der Waals surface area contributed by atoms with Crippen molar-refractivity contribution in [1.82, 2.24) is 0 Å². The molecule has 4 aromatic carbocycles. The minimum Gasteiger partial charge on any atom is -0.493 e. The monoisotopic (exact) mass is 650 g/mol. The second-order valence-electron chi connectivity index (χ2n) is 9.02. The molecule has 0 saturated heterocycles. The summed E-state index contributed by atoms with van der Waals surface area (Å²) in [4.78, 5) is 13.1. The first kappa shape index (κ1) is 32.3. The van der Waals surface area contributed by atoms with Crippen molar-refractivity contribution in [3.05, 3.63) is 95.5 Å². The van der Waals surface area contributed by atoms with E-state index < -0.39 is 39.9 Å². The third kappa shape index (κ3) is 7.29. The molecule has 4 rings (SSSR count). The average molecular weight is 651 g/mol. The van der Waals surface area contributed by atoms with Crippen LogP contribution in [0.1, 0.15) is 5.56 Å². The molecule has 9 nitrogen and oxygen atoms in total. The van der Waals surface area contributed by atoms with Gasteiger partial charge in [-0.1, -0.05) is 29.8 Å². The third-order valence-electron chi connectivity index (χ3n) is 6.20. The van der Waals surface area contributed by atoms with Gasteiger partial charge in [0, 0.05) is 11.1 Å². The SMILES string of the molecule is COc1ccc(S(=O)(=O)N(CC(=O)Nc2cc(Cl)ccc2Oc2ccccc2OC)c2cccc(C(F)(F)F)c2)cc1OC. The number of nitrogens with one attached hydrogen (secondary N) is 1. The summed E-state index contributed by atoms with van der Waals surface area (Å²) < 4.78 is 90.7. The molecule has 0 fully saturated rings. The summed E-state index contributed by atoms with van der Waals surface area (Å²) in [7, 11) is -0.541. The zero-order valence-corrected chi connectivity index (χ0v) is 25.1. The van der Waals surface area contributed by atoms with Crippen LogP contribution in [0.2, 0.25) is 5.02 Å². The highest BCUT2D eigenvalue weighted by atomic mass is 35.5. The Balaban J connectivity index is 1.73. The van der Waals surface area contributed by atoms with E-state index in [0.717, 1.165) is 24.3 Å². The molecule has 0 spiro atoms. The van der Waals surface area contributed by atoms with Crippen molar-refractivity contribution >= 4 is 38.9 Å². The van der Waals surface area contributed by atoms with Gasteiger partial charge in [-0.05, 0) is 60.7 Å². The number of hydrogen-bond donors (Lipinski definition) is 1. The van der Waals surface area contributed by atoms with E-state index in [0.29, 0.717) is 21.9 Å². The maximum Gasteiger partial charge on any atom is 0.416 e. The number of anilines is 2. The van der Waals surface area contributed by atoms with Crippen molar-refractivity contribution in [2.24, 2.45) is 0 Å². The number of carbonyl (C=O) groups excluding carboxylic acids is 1. The Morgan fingerprint density at radius 1 is 0.795 bits per heavy atom. The second kappa shape index (κ2) is 13.3. The van der Waals surface area contributed by atoms with Crippen LogP contribution in [0, 0.1) is 0 Å². The molecule has 0 atom stereocenters. The van der Waals surface area contributed by atoms with Crippen molar-refractivity contribution in [3.63, 3.8) is 0 Å². The number of sulfonamides is 1. The van der Waals surface area contributed by atoms with Crippen molar-refractivity contribution in [2.45, 2.75) is 11.1 Å². The molecule has 0 aliphatic carbocycles. The summed E-state index contributed by atoms with van der Waals surface area (Å²) in [6.45, 7) is -0.918. The highest BCUT2D eigenvalue weighted by Crippen LogP contribution is 2.38. The standard InChI is InChI=1S/C30H26ClF3N2O7S/c1-40-25-9-4-5-10-27(25)43-24-13-11-20(31)16-23(24)35-29(37)18-36(21-8-6-7-19(15-21)30(32,33)34)44(38,39)22-12-14-26(41-2)28(17-22)42-3/h4-17H,18H2,1-3H3,(H,35,37). The molecule has 0 aliphatic rings. The Morgan fingerprint density at radius 2 is 1.43 bits per heavy atom. The number of halogens is 4. The summed E-state index contributed by atoms with van der Waals surface area (Å²) >= 11 is 6.16. The summed E-state index contributed by atoms with van der Waals surface area (Å²) in [5.41, 5.74) is -1.44. The lowest BCUT2D eigenvalue weighted by atomic mass is 10.2. The molecule has 0 aromatic heterocycles. The van der Waals surface area contributed by atoms with E-state index in [1.165, 1.54) is 51.7 Å². The van der Waals surface area contributed by atoms with Gasteiger partial charge in [-0.15, -0.1) is 0 Å². The average Bonchev–Trinajstić information content (AvgIpc) is 3.00.